The molecule has 0 radical (unpaired) electrons. The monoisotopic (exact) mass is 282 g/mol. The molecule has 0 N–H and O–H groups in total. The molecule has 1 aromatic rings. The Labute approximate surface area is 96.1 Å². The van der Waals surface area contributed by atoms with Crippen molar-refractivity contribution in [1.29, 1.82) is 0 Å². The zero-order valence-electron chi connectivity index (χ0n) is 7.11. The van der Waals surface area contributed by atoms with Gasteiger partial charge in [-0.05, 0) is 18.1 Å². The highest BCUT2D eigenvalue weighted by Crippen LogP contribution is 2.31. The quantitative estimate of drug-likeness (QED) is 0.764. The fraction of sp³-hybridized carbons (Fsp3) is 0.333. The second-order valence-corrected chi connectivity index (χ2v) is 4.12. The molecule has 0 amide bonds. The Morgan fingerprint density at radius 1 is 1.31 bits per heavy atom. The van der Waals surface area contributed by atoms with Crippen LogP contribution in [0.15, 0.2) is 12.1 Å². The molecular weight excluding hydrogens is 275 g/mol. The van der Waals surface area contributed by atoms with E-state index in [1.165, 1.54) is 0 Å². The molecule has 0 saturated heterocycles. The summed E-state index contributed by atoms with van der Waals surface area (Å²) >= 11 is 15.3. The van der Waals surface area contributed by atoms with Gasteiger partial charge < -0.3 is 4.74 Å². The van der Waals surface area contributed by atoms with Crippen molar-refractivity contribution in [2.75, 3.05) is 12.4 Å². The lowest BCUT2D eigenvalue weighted by Crippen LogP contribution is -1.90. The Hall–Kier alpha value is 0.0800. The van der Waals surface area contributed by atoms with Crippen LogP contribution in [-0.4, -0.2) is 12.4 Å². The van der Waals surface area contributed by atoms with Crippen molar-refractivity contribution in [3.05, 3.63) is 27.7 Å². The van der Waals surface area contributed by atoms with Gasteiger partial charge in [0.05, 0.1) is 12.1 Å². The second kappa shape index (κ2) is 5.08. The van der Waals surface area contributed by atoms with E-state index in [9.17, 15) is 0 Å². The van der Waals surface area contributed by atoms with Gasteiger partial charge in [0.1, 0.15) is 5.75 Å². The van der Waals surface area contributed by atoms with E-state index >= 15 is 0 Å². The van der Waals surface area contributed by atoms with E-state index < -0.39 is 0 Å². The van der Waals surface area contributed by atoms with Gasteiger partial charge >= 0.3 is 0 Å². The van der Waals surface area contributed by atoms with Gasteiger partial charge in [0.25, 0.3) is 0 Å². The van der Waals surface area contributed by atoms with Crippen LogP contribution >= 0.6 is 39.1 Å². The van der Waals surface area contributed by atoms with Gasteiger partial charge in [0.15, 0.2) is 0 Å². The number of halogens is 3. The SMILES string of the molecule is COc1cc(Cl)c(CCBr)cc1Cl. The Morgan fingerprint density at radius 3 is 2.54 bits per heavy atom. The van der Waals surface area contributed by atoms with Crippen molar-refractivity contribution >= 4 is 39.1 Å². The van der Waals surface area contributed by atoms with Crippen LogP contribution in [0, 0.1) is 0 Å². The number of ether oxygens (including phenoxy) is 1. The molecule has 0 unspecified atom stereocenters. The van der Waals surface area contributed by atoms with Gasteiger partial charge in [-0.15, -0.1) is 0 Å². The number of methoxy groups -OCH3 is 1. The summed E-state index contributed by atoms with van der Waals surface area (Å²) in [5, 5.41) is 2.17. The molecule has 0 aliphatic rings. The van der Waals surface area contributed by atoms with Crippen LogP contribution in [0.1, 0.15) is 5.56 Å². The smallest absolute Gasteiger partial charge is 0.138 e. The predicted octanol–water partition coefficient (Wildman–Crippen LogP) is 3.94. The van der Waals surface area contributed by atoms with Gasteiger partial charge in [-0.3, -0.25) is 0 Å². The molecule has 72 valence electrons. The first kappa shape index (κ1) is 11.2. The van der Waals surface area contributed by atoms with Crippen molar-refractivity contribution < 1.29 is 4.74 Å². The van der Waals surface area contributed by atoms with Crippen LogP contribution in [0.5, 0.6) is 5.75 Å². The van der Waals surface area contributed by atoms with Crippen molar-refractivity contribution in [3.8, 4) is 5.75 Å². The largest absolute Gasteiger partial charge is 0.495 e. The molecule has 0 bridgehead atoms. The minimum atomic E-state index is 0.600. The first-order valence-electron chi connectivity index (χ1n) is 3.77. The molecule has 0 aromatic heterocycles. The average Bonchev–Trinajstić information content (AvgIpc) is 2.11. The number of hydrogen-bond acceptors (Lipinski definition) is 1. The Kier molecular flexibility index (Phi) is 4.36. The van der Waals surface area contributed by atoms with E-state index in [2.05, 4.69) is 15.9 Å². The lowest BCUT2D eigenvalue weighted by atomic mass is 10.1. The number of aryl methyl sites for hydroxylation is 1. The fourth-order valence-corrected chi connectivity index (χ4v) is 1.96. The summed E-state index contributed by atoms with van der Waals surface area (Å²) < 4.78 is 5.03. The zero-order chi connectivity index (χ0) is 9.84. The van der Waals surface area contributed by atoms with Crippen LogP contribution < -0.4 is 4.74 Å². The maximum atomic E-state index is 6.00. The number of rotatable bonds is 3. The summed E-state index contributed by atoms with van der Waals surface area (Å²) in [4.78, 5) is 0. The predicted molar refractivity (Wildman–Crippen MR) is 60.5 cm³/mol. The van der Waals surface area contributed by atoms with Crippen molar-refractivity contribution in [3.63, 3.8) is 0 Å². The van der Waals surface area contributed by atoms with Crippen LogP contribution in [0.4, 0.5) is 0 Å². The molecule has 13 heavy (non-hydrogen) atoms. The minimum Gasteiger partial charge on any atom is -0.495 e. The minimum absolute atomic E-state index is 0.600. The summed E-state index contributed by atoms with van der Waals surface area (Å²) in [6.07, 6.45) is 0.864. The van der Waals surface area contributed by atoms with E-state index in [-0.39, 0.29) is 0 Å². The maximum absolute atomic E-state index is 6.00. The normalized spacial score (nSPS) is 10.2. The molecule has 0 atom stereocenters. The van der Waals surface area contributed by atoms with Gasteiger partial charge in [-0.2, -0.15) is 0 Å². The lowest BCUT2D eigenvalue weighted by Gasteiger charge is -2.07. The van der Waals surface area contributed by atoms with E-state index in [4.69, 9.17) is 27.9 Å². The van der Waals surface area contributed by atoms with Gasteiger partial charge in [0.2, 0.25) is 0 Å². The molecule has 1 nitrogen and oxygen atoms in total. The molecule has 0 aliphatic heterocycles. The summed E-state index contributed by atoms with van der Waals surface area (Å²) in [5.74, 6) is 0.616. The molecule has 0 fully saturated rings. The molecular formula is C9H9BrCl2O. The average molecular weight is 284 g/mol. The summed E-state index contributed by atoms with van der Waals surface area (Å²) in [6, 6.07) is 3.58. The molecule has 1 rings (SSSR count). The highest BCUT2D eigenvalue weighted by atomic mass is 79.9. The van der Waals surface area contributed by atoms with E-state index in [0.717, 1.165) is 17.3 Å². The van der Waals surface area contributed by atoms with Gasteiger partial charge in [0, 0.05) is 16.4 Å². The zero-order valence-corrected chi connectivity index (χ0v) is 10.2. The summed E-state index contributed by atoms with van der Waals surface area (Å²) in [6.45, 7) is 0. The number of alkyl halides is 1. The highest BCUT2D eigenvalue weighted by molar-refractivity contribution is 9.09. The third kappa shape index (κ3) is 2.76. The standard InChI is InChI=1S/C9H9BrCl2O/c1-13-9-5-7(11)6(2-3-10)4-8(9)12/h4-5H,2-3H2,1H3. The third-order valence-corrected chi connectivity index (χ3v) is 2.73. The Bertz CT molecular complexity index is 302. The first-order chi connectivity index (χ1) is 6.19. The summed E-state index contributed by atoms with van der Waals surface area (Å²) in [7, 11) is 1.57. The van der Waals surface area contributed by atoms with Crippen LogP contribution in [-0.2, 0) is 6.42 Å². The first-order valence-corrected chi connectivity index (χ1v) is 5.64. The molecule has 0 aliphatic carbocycles. The van der Waals surface area contributed by atoms with Crippen molar-refractivity contribution in [1.82, 2.24) is 0 Å². The molecule has 1 aromatic carbocycles. The third-order valence-electron chi connectivity index (χ3n) is 1.68. The summed E-state index contributed by atoms with van der Waals surface area (Å²) in [5.41, 5.74) is 1.03. The fourth-order valence-electron chi connectivity index (χ4n) is 1.02. The van der Waals surface area contributed by atoms with E-state index in [1.807, 2.05) is 6.07 Å². The Balaban J connectivity index is 3.05. The number of benzene rings is 1. The van der Waals surface area contributed by atoms with E-state index in [1.54, 1.807) is 13.2 Å². The van der Waals surface area contributed by atoms with Crippen molar-refractivity contribution in [2.45, 2.75) is 6.42 Å². The maximum Gasteiger partial charge on any atom is 0.138 e. The van der Waals surface area contributed by atoms with E-state index in [0.29, 0.717) is 15.8 Å². The molecule has 0 spiro atoms. The second-order valence-electron chi connectivity index (χ2n) is 2.52. The molecule has 0 saturated carbocycles. The molecule has 0 heterocycles. The van der Waals surface area contributed by atoms with Gasteiger partial charge in [-0.25, -0.2) is 0 Å². The van der Waals surface area contributed by atoms with Gasteiger partial charge in [-0.1, -0.05) is 39.1 Å². The van der Waals surface area contributed by atoms with Crippen LogP contribution in [0.3, 0.4) is 0 Å². The topological polar surface area (TPSA) is 9.23 Å². The molecule has 4 heteroatoms. The number of hydrogen-bond donors (Lipinski definition) is 0. The van der Waals surface area contributed by atoms with Crippen LogP contribution in [0.25, 0.3) is 0 Å². The van der Waals surface area contributed by atoms with Crippen molar-refractivity contribution in [2.24, 2.45) is 0 Å². The van der Waals surface area contributed by atoms with Crippen LogP contribution in [0.2, 0.25) is 10.0 Å². The highest BCUT2D eigenvalue weighted by Gasteiger charge is 2.06. The Morgan fingerprint density at radius 2 is 2.00 bits per heavy atom. The lowest BCUT2D eigenvalue weighted by molar-refractivity contribution is 0.415.